The van der Waals surface area contributed by atoms with E-state index in [0.717, 1.165) is 0 Å². The van der Waals surface area contributed by atoms with Crippen LogP contribution >= 0.6 is 23.2 Å². The molecule has 3 aromatic rings. The summed E-state index contributed by atoms with van der Waals surface area (Å²) in [4.78, 5) is 28.5. The van der Waals surface area contributed by atoms with E-state index in [1.165, 1.54) is 32.5 Å². The zero-order valence-corrected chi connectivity index (χ0v) is 18.0. The predicted molar refractivity (Wildman–Crippen MR) is 117 cm³/mol. The molecule has 0 aliphatic heterocycles. The first-order chi connectivity index (χ1) is 14.9. The van der Waals surface area contributed by atoms with Crippen molar-refractivity contribution in [2.45, 2.75) is 0 Å². The Bertz CT molecular complexity index is 1060. The van der Waals surface area contributed by atoms with Gasteiger partial charge in [0.1, 0.15) is 17.2 Å². The van der Waals surface area contributed by atoms with Crippen LogP contribution in [0.1, 0.15) is 10.4 Å². The number of imide groups is 1. The Hall–Kier alpha value is -3.49. The minimum Gasteiger partial charge on any atom is -0.496 e. The molecular formula is C21H17Cl2N3O5. The van der Waals surface area contributed by atoms with Crippen LogP contribution in [-0.2, 0) is 0 Å². The number of carbonyl (C=O) groups excluding carboxylic acids is 2. The van der Waals surface area contributed by atoms with Gasteiger partial charge in [-0.25, -0.2) is 9.78 Å². The molecule has 0 unspecified atom stereocenters. The van der Waals surface area contributed by atoms with E-state index in [-0.39, 0.29) is 21.5 Å². The van der Waals surface area contributed by atoms with E-state index >= 15 is 0 Å². The van der Waals surface area contributed by atoms with Crippen molar-refractivity contribution in [1.29, 1.82) is 0 Å². The minimum absolute atomic E-state index is 0.0107. The summed E-state index contributed by atoms with van der Waals surface area (Å²) >= 11 is 11.9. The van der Waals surface area contributed by atoms with E-state index in [2.05, 4.69) is 15.6 Å². The van der Waals surface area contributed by atoms with Gasteiger partial charge in [0, 0.05) is 24.3 Å². The highest BCUT2D eigenvalue weighted by Crippen LogP contribution is 2.30. The molecule has 10 heteroatoms. The highest BCUT2D eigenvalue weighted by Gasteiger charge is 2.17. The number of urea groups is 1. The highest BCUT2D eigenvalue weighted by molar-refractivity contribution is 6.40. The van der Waals surface area contributed by atoms with Gasteiger partial charge < -0.3 is 19.5 Å². The lowest BCUT2D eigenvalue weighted by molar-refractivity contribution is 0.0967. The number of rotatable bonds is 6. The Balaban J connectivity index is 1.63. The lowest BCUT2D eigenvalue weighted by Crippen LogP contribution is -2.34. The molecule has 0 spiro atoms. The molecule has 0 bridgehead atoms. The van der Waals surface area contributed by atoms with Gasteiger partial charge in [0.15, 0.2) is 0 Å². The van der Waals surface area contributed by atoms with Crippen LogP contribution in [0.2, 0.25) is 10.0 Å². The maximum Gasteiger partial charge on any atom is 0.326 e. The quantitative estimate of drug-likeness (QED) is 0.525. The molecule has 0 radical (unpaired) electrons. The zero-order chi connectivity index (χ0) is 22.4. The Morgan fingerprint density at radius 2 is 1.52 bits per heavy atom. The Morgan fingerprint density at radius 3 is 2.06 bits per heavy atom. The summed E-state index contributed by atoms with van der Waals surface area (Å²) < 4.78 is 16.1. The molecule has 0 saturated heterocycles. The summed E-state index contributed by atoms with van der Waals surface area (Å²) in [5.41, 5.74) is 0.350. The van der Waals surface area contributed by atoms with Gasteiger partial charge in [0.2, 0.25) is 5.88 Å². The third kappa shape index (κ3) is 5.78. The maximum atomic E-state index is 12.3. The molecule has 0 aliphatic rings. The molecule has 3 rings (SSSR count). The molecule has 0 aliphatic carbocycles. The molecule has 0 atom stereocenters. The lowest BCUT2D eigenvalue weighted by atomic mass is 10.2. The van der Waals surface area contributed by atoms with Crippen molar-refractivity contribution in [3.63, 3.8) is 0 Å². The van der Waals surface area contributed by atoms with Gasteiger partial charge in [0.05, 0.1) is 41.7 Å². The second kappa shape index (κ2) is 10.0. The van der Waals surface area contributed by atoms with Crippen LogP contribution in [0.5, 0.6) is 23.1 Å². The second-order valence-electron chi connectivity index (χ2n) is 6.04. The number of amides is 3. The number of hydrogen-bond donors (Lipinski definition) is 2. The van der Waals surface area contributed by atoms with Crippen molar-refractivity contribution >= 4 is 40.8 Å². The fourth-order valence-electron chi connectivity index (χ4n) is 2.52. The van der Waals surface area contributed by atoms with Crippen LogP contribution in [0.15, 0.2) is 54.7 Å². The van der Waals surface area contributed by atoms with Crippen LogP contribution in [-0.4, -0.2) is 31.1 Å². The van der Waals surface area contributed by atoms with Crippen LogP contribution in [0.25, 0.3) is 0 Å². The molecule has 0 fully saturated rings. The molecule has 1 aromatic heterocycles. The van der Waals surface area contributed by atoms with Crippen molar-refractivity contribution in [2.24, 2.45) is 0 Å². The normalized spacial score (nSPS) is 10.2. The monoisotopic (exact) mass is 461 g/mol. The molecule has 31 heavy (non-hydrogen) atoms. The number of carbonyl (C=O) groups is 2. The van der Waals surface area contributed by atoms with Crippen LogP contribution in [0, 0.1) is 0 Å². The number of ether oxygens (including phenoxy) is 3. The summed E-state index contributed by atoms with van der Waals surface area (Å²) in [6.07, 6.45) is 1.37. The number of aromatic nitrogens is 1. The molecule has 3 amide bonds. The SMILES string of the molecule is COc1cc(OC)cc(Oc2ccc(NC(=O)NC(=O)c3c(Cl)cccc3Cl)cn2)c1. The Labute approximate surface area is 188 Å². The third-order valence-corrected chi connectivity index (χ3v) is 4.59. The van der Waals surface area contributed by atoms with Gasteiger partial charge in [-0.05, 0) is 18.2 Å². The van der Waals surface area contributed by atoms with Gasteiger partial charge in [-0.15, -0.1) is 0 Å². The average Bonchev–Trinajstić information content (AvgIpc) is 2.74. The Kier molecular flexibility index (Phi) is 7.17. The number of nitrogens with zero attached hydrogens (tertiary/aromatic N) is 1. The first-order valence-corrected chi connectivity index (χ1v) is 9.58. The van der Waals surface area contributed by atoms with Gasteiger partial charge >= 0.3 is 6.03 Å². The fraction of sp³-hybridized carbons (Fsp3) is 0.0952. The van der Waals surface area contributed by atoms with E-state index in [1.54, 1.807) is 36.4 Å². The van der Waals surface area contributed by atoms with Crippen LogP contribution in [0.3, 0.4) is 0 Å². The third-order valence-electron chi connectivity index (χ3n) is 3.96. The van der Waals surface area contributed by atoms with Crippen molar-refractivity contribution < 1.29 is 23.8 Å². The highest BCUT2D eigenvalue weighted by atomic mass is 35.5. The first kappa shape index (κ1) is 22.2. The number of methoxy groups -OCH3 is 2. The number of pyridine rings is 1. The van der Waals surface area contributed by atoms with Crippen LogP contribution < -0.4 is 24.8 Å². The van der Waals surface area contributed by atoms with Gasteiger partial charge in [-0.2, -0.15) is 0 Å². The molecule has 2 aromatic carbocycles. The van der Waals surface area contributed by atoms with Crippen molar-refractivity contribution in [1.82, 2.24) is 10.3 Å². The van der Waals surface area contributed by atoms with Crippen LogP contribution in [0.4, 0.5) is 10.5 Å². The summed E-state index contributed by atoms with van der Waals surface area (Å²) in [6.45, 7) is 0. The molecule has 1 heterocycles. The van der Waals surface area contributed by atoms with Crippen molar-refractivity contribution in [3.05, 3.63) is 70.3 Å². The molecule has 8 nitrogen and oxygen atoms in total. The van der Waals surface area contributed by atoms with E-state index in [0.29, 0.717) is 22.9 Å². The second-order valence-corrected chi connectivity index (χ2v) is 6.85. The number of hydrogen-bond acceptors (Lipinski definition) is 6. The van der Waals surface area contributed by atoms with Crippen molar-refractivity contribution in [3.8, 4) is 23.1 Å². The topological polar surface area (TPSA) is 98.8 Å². The standard InChI is InChI=1S/C21H17Cl2N3O5/c1-29-13-8-14(30-2)10-15(9-13)31-18-7-6-12(11-24-18)25-21(28)26-20(27)19-16(22)4-3-5-17(19)23/h3-11H,1-2H3,(H2,25,26,27,28). The number of anilines is 1. The van der Waals surface area contributed by atoms with E-state index < -0.39 is 11.9 Å². The number of halogens is 2. The molecule has 2 N–H and O–H groups in total. The average molecular weight is 462 g/mol. The molecule has 0 saturated carbocycles. The number of benzene rings is 2. The van der Waals surface area contributed by atoms with E-state index in [4.69, 9.17) is 37.4 Å². The maximum absolute atomic E-state index is 12.3. The summed E-state index contributed by atoms with van der Waals surface area (Å²) in [5, 5.41) is 4.92. The summed E-state index contributed by atoms with van der Waals surface area (Å²) in [7, 11) is 3.07. The first-order valence-electron chi connectivity index (χ1n) is 8.83. The minimum atomic E-state index is -0.769. The van der Waals surface area contributed by atoms with E-state index in [1.807, 2.05) is 0 Å². The molecule has 160 valence electrons. The molecular weight excluding hydrogens is 445 g/mol. The number of nitrogens with one attached hydrogen (secondary N) is 2. The fourth-order valence-corrected chi connectivity index (χ4v) is 3.09. The van der Waals surface area contributed by atoms with Gasteiger partial charge in [0.25, 0.3) is 5.91 Å². The summed E-state index contributed by atoms with van der Waals surface area (Å²) in [5.74, 6) is 1.14. The largest absolute Gasteiger partial charge is 0.496 e. The zero-order valence-electron chi connectivity index (χ0n) is 16.4. The lowest BCUT2D eigenvalue weighted by Gasteiger charge is -2.11. The Morgan fingerprint density at radius 1 is 0.903 bits per heavy atom. The summed E-state index contributed by atoms with van der Waals surface area (Å²) in [6, 6.07) is 12.0. The van der Waals surface area contributed by atoms with Gasteiger partial charge in [-0.3, -0.25) is 10.1 Å². The smallest absolute Gasteiger partial charge is 0.326 e. The van der Waals surface area contributed by atoms with Crippen molar-refractivity contribution in [2.75, 3.05) is 19.5 Å². The van der Waals surface area contributed by atoms with E-state index in [9.17, 15) is 9.59 Å². The predicted octanol–water partition coefficient (Wildman–Crippen LogP) is 5.16. The van der Waals surface area contributed by atoms with Gasteiger partial charge in [-0.1, -0.05) is 29.3 Å².